The van der Waals surface area contributed by atoms with Gasteiger partial charge in [0.25, 0.3) is 0 Å². The topological polar surface area (TPSA) is 61.9 Å². The fourth-order valence-corrected chi connectivity index (χ4v) is 2.15. The number of amides is 2. The molecule has 2 aliphatic rings. The van der Waals surface area contributed by atoms with Gasteiger partial charge in [0.15, 0.2) is 0 Å². The zero-order valence-corrected chi connectivity index (χ0v) is 10.9. The number of nitrogens with one attached hydrogen (secondary N) is 1. The van der Waals surface area contributed by atoms with E-state index in [1.54, 1.807) is 12.0 Å². The summed E-state index contributed by atoms with van der Waals surface area (Å²) in [6.45, 7) is 3.10. The van der Waals surface area contributed by atoms with Gasteiger partial charge < -0.3 is 19.9 Å². The Morgan fingerprint density at radius 1 is 1.44 bits per heavy atom. The summed E-state index contributed by atoms with van der Waals surface area (Å²) in [5.41, 5.74) is 0. The van der Waals surface area contributed by atoms with Crippen LogP contribution in [0.5, 0.6) is 0 Å². The Kier molecular flexibility index (Phi) is 4.54. The van der Waals surface area contributed by atoms with E-state index in [4.69, 9.17) is 4.74 Å². The maximum atomic E-state index is 11.9. The smallest absolute Gasteiger partial charge is 0.242 e. The number of carbonyl (C=O) groups is 2. The SMILES string of the molecule is COCCNCC(=O)N1CCN(C2CC2)C(=O)C1. The van der Waals surface area contributed by atoms with Crippen LogP contribution in [0.25, 0.3) is 0 Å². The third kappa shape index (κ3) is 3.43. The van der Waals surface area contributed by atoms with E-state index in [1.807, 2.05) is 4.90 Å². The number of piperazine rings is 1. The Labute approximate surface area is 107 Å². The number of hydrogen-bond donors (Lipinski definition) is 1. The van der Waals surface area contributed by atoms with Gasteiger partial charge in [-0.1, -0.05) is 0 Å². The number of rotatable bonds is 6. The molecule has 0 aromatic carbocycles. The molecule has 0 radical (unpaired) electrons. The lowest BCUT2D eigenvalue weighted by molar-refractivity contribution is -0.145. The van der Waals surface area contributed by atoms with Crippen molar-refractivity contribution >= 4 is 11.8 Å². The quantitative estimate of drug-likeness (QED) is 0.622. The second-order valence-corrected chi connectivity index (χ2v) is 4.80. The molecule has 0 aromatic heterocycles. The average Bonchev–Trinajstić information content (AvgIpc) is 3.18. The minimum atomic E-state index is -0.00472. The molecular weight excluding hydrogens is 234 g/mol. The van der Waals surface area contributed by atoms with Gasteiger partial charge in [0, 0.05) is 32.8 Å². The third-order valence-corrected chi connectivity index (χ3v) is 3.36. The fourth-order valence-electron chi connectivity index (χ4n) is 2.15. The van der Waals surface area contributed by atoms with Gasteiger partial charge in [-0.2, -0.15) is 0 Å². The lowest BCUT2D eigenvalue weighted by atomic mass is 10.3. The van der Waals surface area contributed by atoms with E-state index in [2.05, 4.69) is 5.32 Å². The van der Waals surface area contributed by atoms with Gasteiger partial charge in [0.2, 0.25) is 11.8 Å². The summed E-state index contributed by atoms with van der Waals surface area (Å²) in [5.74, 6) is 0.0869. The van der Waals surface area contributed by atoms with Crippen molar-refractivity contribution in [1.82, 2.24) is 15.1 Å². The average molecular weight is 255 g/mol. The summed E-state index contributed by atoms with van der Waals surface area (Å²) in [6.07, 6.45) is 2.25. The van der Waals surface area contributed by atoms with E-state index < -0.39 is 0 Å². The van der Waals surface area contributed by atoms with Crippen LogP contribution in [0, 0.1) is 0 Å². The summed E-state index contributed by atoms with van der Waals surface area (Å²) in [4.78, 5) is 27.3. The summed E-state index contributed by atoms with van der Waals surface area (Å²) in [5, 5.41) is 3.00. The monoisotopic (exact) mass is 255 g/mol. The molecule has 2 fully saturated rings. The van der Waals surface area contributed by atoms with E-state index in [0.29, 0.717) is 32.3 Å². The lowest BCUT2D eigenvalue weighted by Gasteiger charge is -2.34. The molecule has 2 amide bonds. The summed E-state index contributed by atoms with van der Waals surface area (Å²) in [6, 6.07) is 0.453. The number of carbonyl (C=O) groups excluding carboxylic acids is 2. The lowest BCUT2D eigenvalue weighted by Crippen LogP contribution is -2.54. The van der Waals surface area contributed by atoms with E-state index in [1.165, 1.54) is 0 Å². The van der Waals surface area contributed by atoms with Crippen molar-refractivity contribution in [2.75, 3.05) is 46.4 Å². The van der Waals surface area contributed by atoms with E-state index >= 15 is 0 Å². The number of nitrogens with zero attached hydrogens (tertiary/aromatic N) is 2. The minimum absolute atomic E-state index is 0.00472. The molecule has 0 atom stereocenters. The number of hydrogen-bond acceptors (Lipinski definition) is 4. The second-order valence-electron chi connectivity index (χ2n) is 4.80. The van der Waals surface area contributed by atoms with Gasteiger partial charge in [-0.25, -0.2) is 0 Å². The molecule has 18 heavy (non-hydrogen) atoms. The van der Waals surface area contributed by atoms with Crippen LogP contribution >= 0.6 is 0 Å². The molecule has 1 saturated carbocycles. The molecule has 1 saturated heterocycles. The molecule has 1 N–H and O–H groups in total. The Morgan fingerprint density at radius 2 is 2.22 bits per heavy atom. The van der Waals surface area contributed by atoms with Crippen molar-refractivity contribution < 1.29 is 14.3 Å². The highest BCUT2D eigenvalue weighted by atomic mass is 16.5. The molecule has 102 valence electrons. The Bertz CT molecular complexity index is 318. The summed E-state index contributed by atoms with van der Waals surface area (Å²) in [7, 11) is 1.62. The second kappa shape index (κ2) is 6.15. The van der Waals surface area contributed by atoms with E-state index in [9.17, 15) is 9.59 Å². The molecule has 0 spiro atoms. The maximum Gasteiger partial charge on any atom is 0.242 e. The molecule has 6 nitrogen and oxygen atoms in total. The molecular formula is C12H21N3O3. The van der Waals surface area contributed by atoms with E-state index in [0.717, 1.165) is 12.8 Å². The third-order valence-electron chi connectivity index (χ3n) is 3.36. The van der Waals surface area contributed by atoms with Crippen LogP contribution in [0.15, 0.2) is 0 Å². The van der Waals surface area contributed by atoms with Gasteiger partial charge >= 0.3 is 0 Å². The van der Waals surface area contributed by atoms with Crippen molar-refractivity contribution in [3.8, 4) is 0 Å². The summed E-state index contributed by atoms with van der Waals surface area (Å²) < 4.78 is 4.89. The van der Waals surface area contributed by atoms with Crippen LogP contribution in [0.1, 0.15) is 12.8 Å². The zero-order valence-electron chi connectivity index (χ0n) is 10.9. The predicted octanol–water partition coefficient (Wildman–Crippen LogP) is -0.944. The molecule has 0 bridgehead atoms. The van der Waals surface area contributed by atoms with Gasteiger partial charge in [-0.3, -0.25) is 9.59 Å². The van der Waals surface area contributed by atoms with Crippen LogP contribution in [-0.2, 0) is 14.3 Å². The fraction of sp³-hybridized carbons (Fsp3) is 0.833. The highest BCUT2D eigenvalue weighted by molar-refractivity contribution is 5.87. The van der Waals surface area contributed by atoms with Gasteiger partial charge in [-0.15, -0.1) is 0 Å². The molecule has 2 rings (SSSR count). The van der Waals surface area contributed by atoms with Crippen LogP contribution in [0.3, 0.4) is 0 Å². The normalized spacial score (nSPS) is 20.4. The Morgan fingerprint density at radius 3 is 2.83 bits per heavy atom. The van der Waals surface area contributed by atoms with Crippen LogP contribution < -0.4 is 5.32 Å². The van der Waals surface area contributed by atoms with Crippen molar-refractivity contribution in [2.45, 2.75) is 18.9 Å². The first-order valence-corrected chi connectivity index (χ1v) is 6.49. The molecule has 1 aliphatic heterocycles. The largest absolute Gasteiger partial charge is 0.383 e. The van der Waals surface area contributed by atoms with Crippen LogP contribution in [0.4, 0.5) is 0 Å². The van der Waals surface area contributed by atoms with Crippen molar-refractivity contribution in [2.24, 2.45) is 0 Å². The van der Waals surface area contributed by atoms with Crippen LogP contribution in [-0.4, -0.2) is 74.1 Å². The molecule has 6 heteroatoms. The van der Waals surface area contributed by atoms with Crippen molar-refractivity contribution in [1.29, 1.82) is 0 Å². The number of ether oxygens (including phenoxy) is 1. The molecule has 0 aromatic rings. The highest BCUT2D eigenvalue weighted by Crippen LogP contribution is 2.27. The van der Waals surface area contributed by atoms with Crippen molar-refractivity contribution in [3.05, 3.63) is 0 Å². The Balaban J connectivity index is 1.70. The standard InChI is InChI=1S/C12H21N3O3/c1-18-7-4-13-8-11(16)14-5-6-15(10-2-3-10)12(17)9-14/h10,13H,2-9H2,1H3. The Hall–Kier alpha value is -1.14. The molecule has 0 unspecified atom stereocenters. The molecule has 1 aliphatic carbocycles. The number of methoxy groups -OCH3 is 1. The first kappa shape index (κ1) is 13.3. The van der Waals surface area contributed by atoms with E-state index in [-0.39, 0.29) is 24.9 Å². The zero-order chi connectivity index (χ0) is 13.0. The maximum absolute atomic E-state index is 11.9. The predicted molar refractivity (Wildman–Crippen MR) is 66.1 cm³/mol. The minimum Gasteiger partial charge on any atom is -0.383 e. The molecule has 1 heterocycles. The van der Waals surface area contributed by atoms with Gasteiger partial charge in [0.05, 0.1) is 19.7 Å². The van der Waals surface area contributed by atoms with Gasteiger partial charge in [0.1, 0.15) is 0 Å². The highest BCUT2D eigenvalue weighted by Gasteiger charge is 2.36. The first-order valence-electron chi connectivity index (χ1n) is 6.49. The van der Waals surface area contributed by atoms with Crippen LogP contribution in [0.2, 0.25) is 0 Å². The first-order chi connectivity index (χ1) is 8.72. The van der Waals surface area contributed by atoms with Crippen molar-refractivity contribution in [3.63, 3.8) is 0 Å². The van der Waals surface area contributed by atoms with Gasteiger partial charge in [-0.05, 0) is 12.8 Å². The summed E-state index contributed by atoms with van der Waals surface area (Å²) >= 11 is 0.